The summed E-state index contributed by atoms with van der Waals surface area (Å²) in [7, 11) is 0. The van der Waals surface area contributed by atoms with Crippen molar-refractivity contribution in [3.63, 3.8) is 0 Å². The third kappa shape index (κ3) is 2.65. The van der Waals surface area contributed by atoms with Crippen molar-refractivity contribution in [1.29, 1.82) is 0 Å². The largest absolute Gasteiger partial charge is 0.358 e. The van der Waals surface area contributed by atoms with E-state index in [0.717, 1.165) is 12.2 Å². The minimum atomic E-state index is -0.302. The highest BCUT2D eigenvalue weighted by Gasteiger charge is 2.29. The van der Waals surface area contributed by atoms with Gasteiger partial charge in [-0.25, -0.2) is 9.55 Å². The first-order chi connectivity index (χ1) is 7.90. The van der Waals surface area contributed by atoms with Crippen LogP contribution < -0.4 is 0 Å². The van der Waals surface area contributed by atoms with Gasteiger partial charge in [-0.1, -0.05) is 34.6 Å². The van der Waals surface area contributed by atoms with Crippen molar-refractivity contribution in [1.82, 2.24) is 9.55 Å². The molecule has 1 aromatic rings. The van der Waals surface area contributed by atoms with E-state index < -0.39 is 0 Å². The highest BCUT2D eigenvalue weighted by atomic mass is 16.6. The Kier molecular flexibility index (Phi) is 4.26. The summed E-state index contributed by atoms with van der Waals surface area (Å²) in [5, 5.41) is 11.2. The van der Waals surface area contributed by atoms with Crippen LogP contribution in [-0.4, -0.2) is 14.5 Å². The first-order valence-electron chi connectivity index (χ1n) is 6.14. The van der Waals surface area contributed by atoms with Gasteiger partial charge in [-0.05, 0) is 11.3 Å². The molecule has 0 amide bonds. The minimum absolute atomic E-state index is 0.0750. The molecule has 0 unspecified atom stereocenters. The summed E-state index contributed by atoms with van der Waals surface area (Å²) in [4.78, 5) is 15.4. The van der Waals surface area contributed by atoms with Crippen molar-refractivity contribution >= 4 is 5.82 Å². The molecule has 1 aromatic heterocycles. The summed E-state index contributed by atoms with van der Waals surface area (Å²) in [6.45, 7) is 10.6. The van der Waals surface area contributed by atoms with E-state index in [0.29, 0.717) is 12.2 Å². The van der Waals surface area contributed by atoms with Crippen molar-refractivity contribution in [2.75, 3.05) is 0 Å². The Balaban J connectivity index is 3.43. The molecule has 0 spiro atoms. The average molecular weight is 239 g/mol. The molecular weight excluding hydrogens is 218 g/mol. The molecule has 5 heteroatoms. The summed E-state index contributed by atoms with van der Waals surface area (Å²) in [6.07, 6.45) is 0.869. The maximum Gasteiger partial charge on any atom is 0.346 e. The second-order valence-corrected chi connectivity index (χ2v) is 4.90. The Bertz CT molecular complexity index is 408. The van der Waals surface area contributed by atoms with Crippen LogP contribution in [-0.2, 0) is 6.54 Å². The van der Waals surface area contributed by atoms with Crippen LogP contribution in [0.25, 0.3) is 0 Å². The molecule has 96 valence electrons. The van der Waals surface area contributed by atoms with Gasteiger partial charge in [0.1, 0.15) is 5.69 Å². The Labute approximate surface area is 102 Å². The monoisotopic (exact) mass is 239 g/mol. The fourth-order valence-corrected chi connectivity index (χ4v) is 1.94. The quantitative estimate of drug-likeness (QED) is 0.584. The van der Waals surface area contributed by atoms with Crippen LogP contribution in [0.3, 0.4) is 0 Å². The van der Waals surface area contributed by atoms with Gasteiger partial charge in [0.2, 0.25) is 0 Å². The summed E-state index contributed by atoms with van der Waals surface area (Å²) in [5.74, 6) is 1.27. The smallest absolute Gasteiger partial charge is 0.346 e. The van der Waals surface area contributed by atoms with E-state index in [4.69, 9.17) is 0 Å². The van der Waals surface area contributed by atoms with Crippen molar-refractivity contribution in [3.8, 4) is 0 Å². The number of nitrogens with zero attached hydrogens (tertiary/aromatic N) is 3. The van der Waals surface area contributed by atoms with E-state index in [1.807, 2.05) is 34.6 Å². The van der Waals surface area contributed by atoms with E-state index in [1.54, 1.807) is 4.57 Å². The van der Waals surface area contributed by atoms with Gasteiger partial charge in [0, 0.05) is 11.8 Å². The minimum Gasteiger partial charge on any atom is -0.358 e. The summed E-state index contributed by atoms with van der Waals surface area (Å²) >= 11 is 0. The summed E-state index contributed by atoms with van der Waals surface area (Å²) in [5.41, 5.74) is 0.604. The van der Waals surface area contributed by atoms with Crippen molar-refractivity contribution in [2.45, 2.75) is 59.4 Å². The van der Waals surface area contributed by atoms with Gasteiger partial charge in [-0.15, -0.1) is 0 Å². The standard InChI is InChI=1S/C12H21N3O2/c1-6-7-14-11(9(4)5)13-10(8(2)3)12(14)15(16)17/h8-9H,6-7H2,1-5H3. The molecule has 5 nitrogen and oxygen atoms in total. The molecule has 17 heavy (non-hydrogen) atoms. The lowest BCUT2D eigenvalue weighted by Gasteiger charge is -2.05. The maximum absolute atomic E-state index is 11.2. The highest BCUT2D eigenvalue weighted by Crippen LogP contribution is 2.30. The number of hydrogen-bond donors (Lipinski definition) is 0. The number of hydrogen-bond acceptors (Lipinski definition) is 3. The molecule has 0 aliphatic heterocycles. The molecule has 0 saturated heterocycles. The van der Waals surface area contributed by atoms with Gasteiger partial charge in [0.15, 0.2) is 5.82 Å². The Morgan fingerprint density at radius 3 is 2.24 bits per heavy atom. The van der Waals surface area contributed by atoms with Crippen molar-refractivity contribution in [3.05, 3.63) is 21.6 Å². The molecule has 0 aliphatic rings. The van der Waals surface area contributed by atoms with Gasteiger partial charge < -0.3 is 10.1 Å². The molecular formula is C12H21N3O2. The van der Waals surface area contributed by atoms with E-state index >= 15 is 0 Å². The van der Waals surface area contributed by atoms with Crippen LogP contribution in [0.15, 0.2) is 0 Å². The van der Waals surface area contributed by atoms with Gasteiger partial charge in [0.05, 0.1) is 6.54 Å². The molecule has 1 rings (SSSR count). The van der Waals surface area contributed by atoms with Crippen molar-refractivity contribution in [2.24, 2.45) is 0 Å². The Hall–Kier alpha value is -1.39. The fraction of sp³-hybridized carbons (Fsp3) is 0.750. The SMILES string of the molecule is CCCn1c(C(C)C)nc(C(C)C)c1[N+](=O)[O-]. The maximum atomic E-state index is 11.2. The summed E-state index contributed by atoms with van der Waals surface area (Å²) in [6, 6.07) is 0. The van der Waals surface area contributed by atoms with Crippen LogP contribution in [0.5, 0.6) is 0 Å². The predicted molar refractivity (Wildman–Crippen MR) is 67.4 cm³/mol. The summed E-state index contributed by atoms with van der Waals surface area (Å²) < 4.78 is 1.76. The van der Waals surface area contributed by atoms with Crippen molar-refractivity contribution < 1.29 is 4.92 Å². The molecule has 0 saturated carbocycles. The molecule has 0 N–H and O–H groups in total. The van der Waals surface area contributed by atoms with E-state index in [-0.39, 0.29) is 22.6 Å². The lowest BCUT2D eigenvalue weighted by molar-refractivity contribution is -0.393. The molecule has 0 aromatic carbocycles. The topological polar surface area (TPSA) is 61.0 Å². The van der Waals surface area contributed by atoms with E-state index in [1.165, 1.54) is 0 Å². The highest BCUT2D eigenvalue weighted by molar-refractivity contribution is 5.34. The van der Waals surface area contributed by atoms with E-state index in [9.17, 15) is 10.1 Å². The molecule has 0 atom stereocenters. The molecule has 0 aliphatic carbocycles. The molecule has 0 fully saturated rings. The predicted octanol–water partition coefficient (Wildman–Crippen LogP) is 3.45. The van der Waals surface area contributed by atoms with Crippen LogP contribution >= 0.6 is 0 Å². The number of rotatable bonds is 5. The van der Waals surface area contributed by atoms with Gasteiger partial charge in [-0.3, -0.25) is 0 Å². The number of imidazole rings is 1. The zero-order chi connectivity index (χ0) is 13.2. The lowest BCUT2D eigenvalue weighted by atomic mass is 10.1. The first-order valence-corrected chi connectivity index (χ1v) is 6.14. The molecule has 0 radical (unpaired) electrons. The third-order valence-electron chi connectivity index (χ3n) is 2.68. The van der Waals surface area contributed by atoms with Gasteiger partial charge in [-0.2, -0.15) is 0 Å². The molecule has 1 heterocycles. The zero-order valence-electron chi connectivity index (χ0n) is 11.2. The van der Waals surface area contributed by atoms with Crippen LogP contribution in [0.2, 0.25) is 0 Å². The van der Waals surface area contributed by atoms with E-state index in [2.05, 4.69) is 4.98 Å². The van der Waals surface area contributed by atoms with Crippen LogP contribution in [0, 0.1) is 10.1 Å². The van der Waals surface area contributed by atoms with Crippen LogP contribution in [0.4, 0.5) is 5.82 Å². The average Bonchev–Trinajstić information content (AvgIpc) is 2.57. The number of aromatic nitrogens is 2. The van der Waals surface area contributed by atoms with Gasteiger partial charge in [0.25, 0.3) is 0 Å². The third-order valence-corrected chi connectivity index (χ3v) is 2.68. The fourth-order valence-electron chi connectivity index (χ4n) is 1.94. The first kappa shape index (κ1) is 13.7. The Morgan fingerprint density at radius 1 is 1.29 bits per heavy atom. The second-order valence-electron chi connectivity index (χ2n) is 4.90. The Morgan fingerprint density at radius 2 is 1.88 bits per heavy atom. The van der Waals surface area contributed by atoms with Gasteiger partial charge >= 0.3 is 5.82 Å². The van der Waals surface area contributed by atoms with Crippen LogP contribution in [0.1, 0.15) is 64.4 Å². The second kappa shape index (κ2) is 5.29. The normalized spacial score (nSPS) is 11.5. The molecule has 0 bridgehead atoms. The number of nitro groups is 1. The zero-order valence-corrected chi connectivity index (χ0v) is 11.2. The lowest BCUT2D eigenvalue weighted by Crippen LogP contribution is -2.08.